The molecule has 1 aliphatic rings. The summed E-state index contributed by atoms with van der Waals surface area (Å²) in [6, 6.07) is 13.6. The third-order valence-electron chi connectivity index (χ3n) is 3.38. The summed E-state index contributed by atoms with van der Waals surface area (Å²) in [5.41, 5.74) is 1.87. The van der Waals surface area contributed by atoms with Crippen LogP contribution in [0.25, 0.3) is 6.08 Å². The summed E-state index contributed by atoms with van der Waals surface area (Å²) in [7, 11) is 0. The van der Waals surface area contributed by atoms with Gasteiger partial charge in [-0.1, -0.05) is 42.5 Å². The minimum Gasteiger partial charge on any atom is -0.507 e. The zero-order valence-electron chi connectivity index (χ0n) is 10.7. The summed E-state index contributed by atoms with van der Waals surface area (Å²) in [6.07, 6.45) is 1.66. The van der Waals surface area contributed by atoms with Crippen molar-refractivity contribution in [1.82, 2.24) is 0 Å². The van der Waals surface area contributed by atoms with Crippen LogP contribution in [-0.2, 0) is 0 Å². The van der Waals surface area contributed by atoms with Crippen molar-refractivity contribution < 1.29 is 14.7 Å². The molecule has 20 heavy (non-hydrogen) atoms. The Kier molecular flexibility index (Phi) is 2.95. The summed E-state index contributed by atoms with van der Waals surface area (Å²) in [5, 5.41) is 9.75. The highest BCUT2D eigenvalue weighted by molar-refractivity contribution is 6.23. The first-order valence-electron chi connectivity index (χ1n) is 6.32. The van der Waals surface area contributed by atoms with E-state index in [9.17, 15) is 14.7 Å². The molecule has 0 unspecified atom stereocenters. The standard InChI is InChI=1S/C17H12O3/c18-15-8-4-1-5-11(15)9-12-10-16(19)13-6-2-3-7-14(13)17(12)20/h1-9,18H,10H2/b12-9-. The number of hydrogen-bond acceptors (Lipinski definition) is 3. The number of phenolic OH excluding ortho intramolecular Hbond substituents is 1. The molecule has 0 saturated heterocycles. The summed E-state index contributed by atoms with van der Waals surface area (Å²) >= 11 is 0. The van der Waals surface area contributed by atoms with Gasteiger partial charge in [0.1, 0.15) is 5.75 Å². The van der Waals surface area contributed by atoms with Gasteiger partial charge >= 0.3 is 0 Å². The second kappa shape index (κ2) is 4.78. The third-order valence-corrected chi connectivity index (χ3v) is 3.38. The lowest BCUT2D eigenvalue weighted by Crippen LogP contribution is -2.19. The van der Waals surface area contributed by atoms with Gasteiger partial charge in [0, 0.05) is 28.7 Å². The molecule has 0 saturated carbocycles. The van der Waals surface area contributed by atoms with Crippen LogP contribution in [0.1, 0.15) is 32.7 Å². The lowest BCUT2D eigenvalue weighted by molar-refractivity contribution is 0.0936. The molecule has 0 heterocycles. The average Bonchev–Trinajstić information content (AvgIpc) is 2.47. The molecular formula is C17H12O3. The van der Waals surface area contributed by atoms with Crippen molar-refractivity contribution in [3.8, 4) is 5.75 Å². The van der Waals surface area contributed by atoms with Crippen molar-refractivity contribution in [2.24, 2.45) is 0 Å². The number of para-hydroxylation sites is 1. The molecule has 0 fully saturated rings. The molecule has 0 radical (unpaired) electrons. The Labute approximate surface area is 116 Å². The molecule has 3 heteroatoms. The van der Waals surface area contributed by atoms with Gasteiger partial charge in [-0.2, -0.15) is 0 Å². The van der Waals surface area contributed by atoms with E-state index in [0.717, 1.165) is 0 Å². The van der Waals surface area contributed by atoms with Crippen LogP contribution in [0.3, 0.4) is 0 Å². The fraction of sp³-hybridized carbons (Fsp3) is 0.0588. The Morgan fingerprint density at radius 2 is 1.55 bits per heavy atom. The molecule has 3 rings (SSSR count). The number of benzene rings is 2. The lowest BCUT2D eigenvalue weighted by atomic mass is 9.85. The molecule has 3 nitrogen and oxygen atoms in total. The number of carbonyl (C=O) groups excluding carboxylic acids is 2. The van der Waals surface area contributed by atoms with Crippen LogP contribution in [0.4, 0.5) is 0 Å². The highest BCUT2D eigenvalue weighted by Crippen LogP contribution is 2.28. The van der Waals surface area contributed by atoms with Crippen LogP contribution in [0.5, 0.6) is 5.75 Å². The third kappa shape index (κ3) is 2.03. The van der Waals surface area contributed by atoms with Gasteiger partial charge in [-0.05, 0) is 12.1 Å². The Morgan fingerprint density at radius 3 is 2.30 bits per heavy atom. The van der Waals surface area contributed by atoms with E-state index in [2.05, 4.69) is 0 Å². The van der Waals surface area contributed by atoms with Gasteiger partial charge in [-0.15, -0.1) is 0 Å². The Morgan fingerprint density at radius 1 is 0.900 bits per heavy atom. The molecule has 98 valence electrons. The van der Waals surface area contributed by atoms with Gasteiger partial charge in [0.15, 0.2) is 11.6 Å². The molecular weight excluding hydrogens is 252 g/mol. The molecule has 1 aliphatic carbocycles. The van der Waals surface area contributed by atoms with Crippen LogP contribution < -0.4 is 0 Å². The summed E-state index contributed by atoms with van der Waals surface area (Å²) in [5.74, 6) is -0.121. The zero-order chi connectivity index (χ0) is 14.1. The molecule has 0 atom stereocenters. The van der Waals surface area contributed by atoms with Crippen molar-refractivity contribution in [3.05, 3.63) is 70.8 Å². The van der Waals surface area contributed by atoms with Crippen LogP contribution >= 0.6 is 0 Å². The number of hydrogen-bond donors (Lipinski definition) is 1. The Balaban J connectivity index is 2.08. The second-order valence-electron chi connectivity index (χ2n) is 4.70. The van der Waals surface area contributed by atoms with Crippen LogP contribution in [0.2, 0.25) is 0 Å². The minimum absolute atomic E-state index is 0.0677. The fourth-order valence-electron chi connectivity index (χ4n) is 2.36. The van der Waals surface area contributed by atoms with E-state index >= 15 is 0 Å². The van der Waals surface area contributed by atoms with E-state index in [0.29, 0.717) is 22.3 Å². The maximum atomic E-state index is 12.4. The fourth-order valence-corrected chi connectivity index (χ4v) is 2.36. The average molecular weight is 264 g/mol. The topological polar surface area (TPSA) is 54.4 Å². The highest BCUT2D eigenvalue weighted by atomic mass is 16.3. The number of fused-ring (bicyclic) bond motifs is 1. The van der Waals surface area contributed by atoms with Crippen molar-refractivity contribution in [2.45, 2.75) is 6.42 Å². The highest BCUT2D eigenvalue weighted by Gasteiger charge is 2.27. The molecule has 0 aliphatic heterocycles. The van der Waals surface area contributed by atoms with Gasteiger partial charge in [0.05, 0.1) is 0 Å². The van der Waals surface area contributed by atoms with E-state index in [4.69, 9.17) is 0 Å². The maximum Gasteiger partial charge on any atom is 0.190 e. The van der Waals surface area contributed by atoms with Gasteiger partial charge in [0.25, 0.3) is 0 Å². The molecule has 0 aromatic heterocycles. The van der Waals surface area contributed by atoms with Crippen molar-refractivity contribution in [3.63, 3.8) is 0 Å². The first kappa shape index (κ1) is 12.4. The predicted molar refractivity (Wildman–Crippen MR) is 75.8 cm³/mol. The smallest absolute Gasteiger partial charge is 0.190 e. The number of rotatable bonds is 1. The van der Waals surface area contributed by atoms with E-state index in [1.54, 1.807) is 54.6 Å². The second-order valence-corrected chi connectivity index (χ2v) is 4.70. The van der Waals surface area contributed by atoms with Crippen molar-refractivity contribution in [1.29, 1.82) is 0 Å². The molecule has 2 aromatic carbocycles. The van der Waals surface area contributed by atoms with Crippen LogP contribution in [0, 0.1) is 0 Å². The zero-order valence-corrected chi connectivity index (χ0v) is 10.7. The van der Waals surface area contributed by atoms with Gasteiger partial charge in [-0.3, -0.25) is 9.59 Å². The van der Waals surface area contributed by atoms with E-state index in [1.807, 2.05) is 0 Å². The predicted octanol–water partition coefficient (Wildman–Crippen LogP) is 3.24. The molecule has 0 amide bonds. The van der Waals surface area contributed by atoms with Gasteiger partial charge < -0.3 is 5.11 Å². The number of carbonyl (C=O) groups is 2. The normalized spacial score (nSPS) is 16.3. The quantitative estimate of drug-likeness (QED) is 0.804. The van der Waals surface area contributed by atoms with E-state index < -0.39 is 0 Å². The van der Waals surface area contributed by atoms with Crippen molar-refractivity contribution >= 4 is 17.6 Å². The SMILES string of the molecule is O=C1C/C(=C/c2ccccc2O)C(=O)c2ccccc21. The van der Waals surface area contributed by atoms with Gasteiger partial charge in [-0.25, -0.2) is 0 Å². The number of aromatic hydroxyl groups is 1. The number of allylic oxidation sites excluding steroid dienone is 1. The van der Waals surface area contributed by atoms with Crippen LogP contribution in [0.15, 0.2) is 54.1 Å². The maximum absolute atomic E-state index is 12.4. The first-order chi connectivity index (χ1) is 9.66. The molecule has 1 N–H and O–H groups in total. The summed E-state index contributed by atoms with van der Waals surface area (Å²) < 4.78 is 0. The summed E-state index contributed by atoms with van der Waals surface area (Å²) in [4.78, 5) is 24.4. The largest absolute Gasteiger partial charge is 0.507 e. The van der Waals surface area contributed by atoms with Gasteiger partial charge in [0.2, 0.25) is 0 Å². The van der Waals surface area contributed by atoms with Crippen LogP contribution in [-0.4, -0.2) is 16.7 Å². The number of Topliss-reactive ketones (excluding diaryl/α,β-unsaturated/α-hetero) is 2. The van der Waals surface area contributed by atoms with Crippen molar-refractivity contribution in [2.75, 3.05) is 0 Å². The minimum atomic E-state index is -0.150. The lowest BCUT2D eigenvalue weighted by Gasteiger charge is -2.16. The van der Waals surface area contributed by atoms with E-state index in [-0.39, 0.29) is 23.7 Å². The Hall–Kier alpha value is -2.68. The monoisotopic (exact) mass is 264 g/mol. The molecule has 2 aromatic rings. The summed E-state index contributed by atoms with van der Waals surface area (Å²) in [6.45, 7) is 0. The molecule has 0 bridgehead atoms. The first-order valence-corrected chi connectivity index (χ1v) is 6.32. The Bertz CT molecular complexity index is 741. The molecule has 0 spiro atoms. The van der Waals surface area contributed by atoms with E-state index in [1.165, 1.54) is 0 Å². The number of phenols is 1. The number of ketones is 2.